The van der Waals surface area contributed by atoms with Gasteiger partial charge in [0.1, 0.15) is 0 Å². The molecule has 0 amide bonds. The zero-order valence-electron chi connectivity index (χ0n) is 6.09. The van der Waals surface area contributed by atoms with Gasteiger partial charge in [0, 0.05) is 6.42 Å². The molecule has 1 heteroatoms. The third kappa shape index (κ3) is 5.15. The third-order valence-electron chi connectivity index (χ3n) is 0.928. The standard InChI is InChI=1S/C8H14O/c1-4-5-8(9)6-7(2)3/h4-5,7,9H,1,6H2,2-3H3. The molecule has 0 aliphatic rings. The summed E-state index contributed by atoms with van der Waals surface area (Å²) in [6.07, 6.45) is 3.96. The number of hydrogen-bond donors (Lipinski definition) is 1. The smallest absolute Gasteiger partial charge is 0.0924 e. The molecule has 0 heterocycles. The van der Waals surface area contributed by atoms with Crippen LogP contribution in [0.2, 0.25) is 0 Å². The molecule has 0 aliphatic heterocycles. The average molecular weight is 126 g/mol. The van der Waals surface area contributed by atoms with Crippen molar-refractivity contribution in [3.05, 3.63) is 24.5 Å². The maximum Gasteiger partial charge on any atom is 0.0924 e. The fourth-order valence-electron chi connectivity index (χ4n) is 0.622. The average Bonchev–Trinajstić information content (AvgIpc) is 1.63. The molecule has 0 aromatic heterocycles. The van der Waals surface area contributed by atoms with Crippen LogP contribution in [0.4, 0.5) is 0 Å². The van der Waals surface area contributed by atoms with Gasteiger partial charge in [-0.1, -0.05) is 26.5 Å². The first-order chi connectivity index (χ1) is 4.16. The normalized spacial score (nSPS) is 12.1. The molecule has 0 spiro atoms. The molecule has 0 aliphatic carbocycles. The summed E-state index contributed by atoms with van der Waals surface area (Å²) in [5, 5.41) is 9.01. The van der Waals surface area contributed by atoms with Crippen LogP contribution in [-0.2, 0) is 0 Å². The van der Waals surface area contributed by atoms with Crippen LogP contribution in [0.1, 0.15) is 20.3 Å². The second-order valence-electron chi connectivity index (χ2n) is 2.49. The molecule has 0 fully saturated rings. The van der Waals surface area contributed by atoms with Crippen molar-refractivity contribution in [1.82, 2.24) is 0 Å². The van der Waals surface area contributed by atoms with Crippen molar-refractivity contribution in [1.29, 1.82) is 0 Å². The van der Waals surface area contributed by atoms with Crippen molar-refractivity contribution in [2.45, 2.75) is 20.3 Å². The molecule has 0 bridgehead atoms. The van der Waals surface area contributed by atoms with Crippen molar-refractivity contribution in [3.8, 4) is 0 Å². The molecule has 0 radical (unpaired) electrons. The van der Waals surface area contributed by atoms with Crippen LogP contribution >= 0.6 is 0 Å². The number of aliphatic hydroxyl groups excluding tert-OH is 1. The maximum absolute atomic E-state index is 9.01. The van der Waals surface area contributed by atoms with Crippen LogP contribution in [0.5, 0.6) is 0 Å². The summed E-state index contributed by atoms with van der Waals surface area (Å²) in [4.78, 5) is 0. The molecule has 0 aromatic carbocycles. The Bertz CT molecular complexity index is 112. The minimum Gasteiger partial charge on any atom is -0.512 e. The first-order valence-electron chi connectivity index (χ1n) is 3.17. The van der Waals surface area contributed by atoms with E-state index in [1.165, 1.54) is 0 Å². The predicted molar refractivity (Wildman–Crippen MR) is 40.4 cm³/mol. The maximum atomic E-state index is 9.01. The van der Waals surface area contributed by atoms with E-state index >= 15 is 0 Å². The Morgan fingerprint density at radius 2 is 2.22 bits per heavy atom. The molecule has 0 saturated heterocycles. The van der Waals surface area contributed by atoms with E-state index in [2.05, 4.69) is 20.4 Å². The van der Waals surface area contributed by atoms with E-state index in [9.17, 15) is 0 Å². The lowest BCUT2D eigenvalue weighted by Crippen LogP contribution is -1.89. The highest BCUT2D eigenvalue weighted by Crippen LogP contribution is 2.06. The van der Waals surface area contributed by atoms with Crippen molar-refractivity contribution < 1.29 is 5.11 Å². The fourth-order valence-corrected chi connectivity index (χ4v) is 0.622. The van der Waals surface area contributed by atoms with Gasteiger partial charge in [-0.25, -0.2) is 0 Å². The highest BCUT2D eigenvalue weighted by Gasteiger charge is 1.95. The minimum atomic E-state index is 0.417. The fraction of sp³-hybridized carbons (Fsp3) is 0.500. The van der Waals surface area contributed by atoms with Crippen LogP contribution in [-0.4, -0.2) is 5.11 Å². The van der Waals surface area contributed by atoms with Gasteiger partial charge in [0.15, 0.2) is 0 Å². The quantitative estimate of drug-likeness (QED) is 0.455. The molecule has 52 valence electrons. The Labute approximate surface area is 56.7 Å². The van der Waals surface area contributed by atoms with Gasteiger partial charge in [0.25, 0.3) is 0 Å². The largest absolute Gasteiger partial charge is 0.512 e. The summed E-state index contributed by atoms with van der Waals surface area (Å²) in [7, 11) is 0. The number of rotatable bonds is 3. The lowest BCUT2D eigenvalue weighted by Gasteiger charge is -2.00. The second kappa shape index (κ2) is 4.19. The van der Waals surface area contributed by atoms with Crippen molar-refractivity contribution >= 4 is 0 Å². The van der Waals surface area contributed by atoms with Gasteiger partial charge in [-0.3, -0.25) is 0 Å². The lowest BCUT2D eigenvalue weighted by molar-refractivity contribution is 0.365. The van der Waals surface area contributed by atoms with Crippen LogP contribution < -0.4 is 0 Å². The molecule has 1 nitrogen and oxygen atoms in total. The van der Waals surface area contributed by atoms with E-state index in [0.29, 0.717) is 11.7 Å². The Hall–Kier alpha value is -0.720. The molecule has 1 N–H and O–H groups in total. The molecule has 0 aromatic rings. The van der Waals surface area contributed by atoms with Crippen molar-refractivity contribution in [2.24, 2.45) is 5.92 Å². The topological polar surface area (TPSA) is 20.2 Å². The Morgan fingerprint density at radius 3 is 2.56 bits per heavy atom. The molecule has 0 rings (SSSR count). The molecular weight excluding hydrogens is 112 g/mol. The Kier molecular flexibility index (Phi) is 3.85. The molecule has 0 saturated carbocycles. The van der Waals surface area contributed by atoms with Gasteiger partial charge in [-0.15, -0.1) is 0 Å². The molecular formula is C8H14O. The Morgan fingerprint density at radius 1 is 1.67 bits per heavy atom. The van der Waals surface area contributed by atoms with E-state index in [1.807, 2.05) is 0 Å². The molecule has 0 atom stereocenters. The van der Waals surface area contributed by atoms with E-state index in [4.69, 9.17) is 5.11 Å². The lowest BCUT2D eigenvalue weighted by atomic mass is 10.1. The highest BCUT2D eigenvalue weighted by molar-refractivity contribution is 5.02. The van der Waals surface area contributed by atoms with Gasteiger partial charge in [0.2, 0.25) is 0 Å². The van der Waals surface area contributed by atoms with Crippen LogP contribution in [0, 0.1) is 5.92 Å². The summed E-state index contributed by atoms with van der Waals surface area (Å²) in [6.45, 7) is 7.60. The third-order valence-corrected chi connectivity index (χ3v) is 0.928. The van der Waals surface area contributed by atoms with Gasteiger partial charge >= 0.3 is 0 Å². The number of aliphatic hydroxyl groups is 1. The molecule has 9 heavy (non-hydrogen) atoms. The van der Waals surface area contributed by atoms with Crippen LogP contribution in [0.25, 0.3) is 0 Å². The van der Waals surface area contributed by atoms with E-state index in [0.717, 1.165) is 6.42 Å². The molecule has 0 unspecified atom stereocenters. The summed E-state index contributed by atoms with van der Waals surface area (Å²) < 4.78 is 0. The number of hydrogen-bond acceptors (Lipinski definition) is 1. The van der Waals surface area contributed by atoms with Crippen molar-refractivity contribution in [2.75, 3.05) is 0 Å². The summed E-state index contributed by atoms with van der Waals surface area (Å²) >= 11 is 0. The number of allylic oxidation sites excluding steroid dienone is 3. The summed E-state index contributed by atoms with van der Waals surface area (Å²) in [5.74, 6) is 0.932. The highest BCUT2D eigenvalue weighted by atomic mass is 16.3. The van der Waals surface area contributed by atoms with Crippen molar-refractivity contribution in [3.63, 3.8) is 0 Å². The Balaban J connectivity index is 3.61. The second-order valence-corrected chi connectivity index (χ2v) is 2.49. The summed E-state index contributed by atoms with van der Waals surface area (Å²) in [5.41, 5.74) is 0. The monoisotopic (exact) mass is 126 g/mol. The van der Waals surface area contributed by atoms with Crippen LogP contribution in [0.3, 0.4) is 0 Å². The van der Waals surface area contributed by atoms with Gasteiger partial charge in [0.05, 0.1) is 5.76 Å². The van der Waals surface area contributed by atoms with E-state index in [1.54, 1.807) is 12.2 Å². The zero-order chi connectivity index (χ0) is 7.28. The first-order valence-corrected chi connectivity index (χ1v) is 3.17. The summed E-state index contributed by atoms with van der Waals surface area (Å²) in [6, 6.07) is 0. The van der Waals surface area contributed by atoms with Gasteiger partial charge in [-0.2, -0.15) is 0 Å². The van der Waals surface area contributed by atoms with Gasteiger partial charge in [-0.05, 0) is 12.0 Å². The van der Waals surface area contributed by atoms with Crippen LogP contribution in [0.15, 0.2) is 24.5 Å². The zero-order valence-corrected chi connectivity index (χ0v) is 6.09. The van der Waals surface area contributed by atoms with Gasteiger partial charge < -0.3 is 5.11 Å². The minimum absolute atomic E-state index is 0.417. The first kappa shape index (κ1) is 8.28. The van der Waals surface area contributed by atoms with E-state index < -0.39 is 0 Å². The van der Waals surface area contributed by atoms with E-state index in [-0.39, 0.29) is 0 Å². The SMILES string of the molecule is C=CC=C(O)CC(C)C. The predicted octanol–water partition coefficient (Wildman–Crippen LogP) is 2.66.